The lowest BCUT2D eigenvalue weighted by Crippen LogP contribution is -2.31. The summed E-state index contributed by atoms with van der Waals surface area (Å²) in [5.41, 5.74) is 1.20. The van der Waals surface area contributed by atoms with Crippen LogP contribution in [0.15, 0.2) is 29.2 Å². The van der Waals surface area contributed by atoms with E-state index in [9.17, 15) is 4.79 Å². The molecule has 0 aliphatic carbocycles. The standard InChI is InChI=1S/C16H25NO2S/c1-3-6-14(9-10-18)11-17-16(19)12-20-15-8-5-4-7-13(15)2/h4-5,7-8,14,18H,3,6,9-12H2,1-2H3,(H,17,19). The van der Waals surface area contributed by atoms with Gasteiger partial charge >= 0.3 is 0 Å². The van der Waals surface area contributed by atoms with Gasteiger partial charge in [0.2, 0.25) is 5.91 Å². The molecule has 0 spiro atoms. The Kier molecular flexibility index (Phi) is 8.38. The molecule has 0 fully saturated rings. The fourth-order valence-corrected chi connectivity index (χ4v) is 2.97. The summed E-state index contributed by atoms with van der Waals surface area (Å²) in [6.45, 7) is 5.04. The van der Waals surface area contributed by atoms with Crippen LogP contribution in [0, 0.1) is 12.8 Å². The van der Waals surface area contributed by atoms with Crippen molar-refractivity contribution in [3.8, 4) is 0 Å². The van der Waals surface area contributed by atoms with E-state index in [-0.39, 0.29) is 12.5 Å². The topological polar surface area (TPSA) is 49.3 Å². The van der Waals surface area contributed by atoms with Crippen molar-refractivity contribution in [1.82, 2.24) is 5.32 Å². The molecule has 1 aromatic rings. The van der Waals surface area contributed by atoms with E-state index in [1.54, 1.807) is 11.8 Å². The van der Waals surface area contributed by atoms with Crippen LogP contribution in [0.1, 0.15) is 31.7 Å². The number of amides is 1. The number of hydrogen-bond acceptors (Lipinski definition) is 3. The van der Waals surface area contributed by atoms with E-state index in [4.69, 9.17) is 5.11 Å². The molecule has 0 saturated heterocycles. The van der Waals surface area contributed by atoms with Gasteiger partial charge in [-0.15, -0.1) is 11.8 Å². The average Bonchev–Trinajstić information content (AvgIpc) is 2.44. The van der Waals surface area contributed by atoms with Crippen molar-refractivity contribution in [1.29, 1.82) is 0 Å². The molecule has 4 heteroatoms. The van der Waals surface area contributed by atoms with Gasteiger partial charge < -0.3 is 10.4 Å². The molecule has 2 N–H and O–H groups in total. The van der Waals surface area contributed by atoms with Crippen molar-refractivity contribution in [2.45, 2.75) is 38.0 Å². The van der Waals surface area contributed by atoms with Gasteiger partial charge in [-0.2, -0.15) is 0 Å². The molecular formula is C16H25NO2S. The molecule has 1 aromatic carbocycles. The van der Waals surface area contributed by atoms with Crippen LogP contribution < -0.4 is 5.32 Å². The summed E-state index contributed by atoms with van der Waals surface area (Å²) >= 11 is 1.57. The van der Waals surface area contributed by atoms with Crippen LogP contribution in [0.5, 0.6) is 0 Å². The normalized spacial score (nSPS) is 12.2. The predicted molar refractivity (Wildman–Crippen MR) is 85.0 cm³/mol. The van der Waals surface area contributed by atoms with Crippen LogP contribution in [-0.2, 0) is 4.79 Å². The number of hydrogen-bond donors (Lipinski definition) is 2. The molecular weight excluding hydrogens is 270 g/mol. The average molecular weight is 295 g/mol. The fourth-order valence-electron chi connectivity index (χ4n) is 2.11. The van der Waals surface area contributed by atoms with Crippen LogP contribution in [0.4, 0.5) is 0 Å². The number of benzene rings is 1. The Labute approximate surface area is 126 Å². The largest absolute Gasteiger partial charge is 0.396 e. The fraction of sp³-hybridized carbons (Fsp3) is 0.562. The van der Waals surface area contributed by atoms with Gasteiger partial charge in [-0.3, -0.25) is 4.79 Å². The van der Waals surface area contributed by atoms with Gasteiger partial charge in [0.15, 0.2) is 0 Å². The lowest BCUT2D eigenvalue weighted by molar-refractivity contribution is -0.118. The highest BCUT2D eigenvalue weighted by Gasteiger charge is 2.10. The van der Waals surface area contributed by atoms with E-state index in [0.717, 1.165) is 24.2 Å². The number of thioether (sulfide) groups is 1. The van der Waals surface area contributed by atoms with Crippen molar-refractivity contribution in [3.05, 3.63) is 29.8 Å². The lowest BCUT2D eigenvalue weighted by atomic mass is 10.0. The third-order valence-corrected chi connectivity index (χ3v) is 4.45. The highest BCUT2D eigenvalue weighted by atomic mass is 32.2. The summed E-state index contributed by atoms with van der Waals surface area (Å²) in [5.74, 6) is 0.901. The molecule has 0 bridgehead atoms. The molecule has 0 aliphatic heterocycles. The first-order valence-electron chi connectivity index (χ1n) is 7.23. The van der Waals surface area contributed by atoms with Crippen molar-refractivity contribution >= 4 is 17.7 Å². The monoisotopic (exact) mass is 295 g/mol. The third-order valence-electron chi connectivity index (χ3n) is 3.27. The van der Waals surface area contributed by atoms with E-state index in [0.29, 0.717) is 18.2 Å². The molecule has 112 valence electrons. The zero-order valence-electron chi connectivity index (χ0n) is 12.4. The number of aliphatic hydroxyl groups is 1. The second-order valence-electron chi connectivity index (χ2n) is 5.03. The minimum absolute atomic E-state index is 0.0669. The number of rotatable bonds is 9. The Morgan fingerprint density at radius 2 is 2.10 bits per heavy atom. The van der Waals surface area contributed by atoms with Gasteiger partial charge in [0.1, 0.15) is 0 Å². The Balaban J connectivity index is 2.31. The second kappa shape index (κ2) is 9.83. The van der Waals surface area contributed by atoms with Gasteiger partial charge in [-0.25, -0.2) is 0 Å². The first-order chi connectivity index (χ1) is 9.67. The molecule has 0 aromatic heterocycles. The molecule has 20 heavy (non-hydrogen) atoms. The SMILES string of the molecule is CCCC(CCO)CNC(=O)CSc1ccccc1C. The van der Waals surface area contributed by atoms with E-state index < -0.39 is 0 Å². The second-order valence-corrected chi connectivity index (χ2v) is 6.04. The highest BCUT2D eigenvalue weighted by Crippen LogP contribution is 2.21. The first kappa shape index (κ1) is 17.1. The molecule has 0 heterocycles. The predicted octanol–water partition coefficient (Wildman–Crippen LogP) is 3.00. The van der Waals surface area contributed by atoms with Gasteiger partial charge in [0.25, 0.3) is 0 Å². The maximum Gasteiger partial charge on any atom is 0.230 e. The summed E-state index contributed by atoms with van der Waals surface area (Å²) in [4.78, 5) is 13.0. The molecule has 0 aliphatic rings. The van der Waals surface area contributed by atoms with Crippen LogP contribution in [0.3, 0.4) is 0 Å². The summed E-state index contributed by atoms with van der Waals surface area (Å²) in [6, 6.07) is 8.09. The first-order valence-corrected chi connectivity index (χ1v) is 8.22. The smallest absolute Gasteiger partial charge is 0.230 e. The molecule has 1 atom stereocenters. The minimum atomic E-state index is 0.0669. The summed E-state index contributed by atoms with van der Waals surface area (Å²) in [5, 5.41) is 12.0. The van der Waals surface area contributed by atoms with Crippen molar-refractivity contribution in [2.75, 3.05) is 18.9 Å². The number of aryl methyl sites for hydroxylation is 1. The van der Waals surface area contributed by atoms with Crippen LogP contribution in [0.25, 0.3) is 0 Å². The van der Waals surface area contributed by atoms with Gasteiger partial charge in [-0.1, -0.05) is 31.5 Å². The number of carbonyl (C=O) groups excluding carboxylic acids is 1. The third kappa shape index (κ3) is 6.44. The minimum Gasteiger partial charge on any atom is -0.396 e. The molecule has 1 rings (SSSR count). The number of carbonyl (C=O) groups is 1. The molecule has 1 unspecified atom stereocenters. The van der Waals surface area contributed by atoms with Crippen LogP contribution >= 0.6 is 11.8 Å². The zero-order chi connectivity index (χ0) is 14.8. The van der Waals surface area contributed by atoms with Crippen LogP contribution in [-0.4, -0.2) is 29.9 Å². The molecule has 0 saturated carbocycles. The van der Waals surface area contributed by atoms with Gasteiger partial charge in [-0.05, 0) is 37.3 Å². The van der Waals surface area contributed by atoms with Gasteiger partial charge in [0, 0.05) is 18.0 Å². The van der Waals surface area contributed by atoms with E-state index in [1.165, 1.54) is 5.56 Å². The Morgan fingerprint density at radius 1 is 1.35 bits per heavy atom. The maximum absolute atomic E-state index is 11.8. The molecule has 1 amide bonds. The van der Waals surface area contributed by atoms with Crippen molar-refractivity contribution in [2.24, 2.45) is 5.92 Å². The zero-order valence-corrected chi connectivity index (χ0v) is 13.2. The Bertz CT molecular complexity index is 403. The highest BCUT2D eigenvalue weighted by molar-refractivity contribution is 8.00. The van der Waals surface area contributed by atoms with Gasteiger partial charge in [0.05, 0.1) is 5.75 Å². The quantitative estimate of drug-likeness (QED) is 0.689. The summed E-state index contributed by atoms with van der Waals surface area (Å²) in [7, 11) is 0. The molecule has 0 radical (unpaired) electrons. The van der Waals surface area contributed by atoms with E-state index >= 15 is 0 Å². The number of aliphatic hydroxyl groups excluding tert-OH is 1. The van der Waals surface area contributed by atoms with E-state index in [1.807, 2.05) is 18.2 Å². The lowest BCUT2D eigenvalue weighted by Gasteiger charge is -2.15. The van der Waals surface area contributed by atoms with E-state index in [2.05, 4.69) is 25.2 Å². The number of nitrogens with one attached hydrogen (secondary N) is 1. The summed E-state index contributed by atoms with van der Waals surface area (Å²) in [6.07, 6.45) is 2.89. The maximum atomic E-state index is 11.8. The Morgan fingerprint density at radius 3 is 2.75 bits per heavy atom. The Hall–Kier alpha value is -1.00. The van der Waals surface area contributed by atoms with Crippen LogP contribution in [0.2, 0.25) is 0 Å². The van der Waals surface area contributed by atoms with Crippen molar-refractivity contribution < 1.29 is 9.90 Å². The summed E-state index contributed by atoms with van der Waals surface area (Å²) < 4.78 is 0. The van der Waals surface area contributed by atoms with Crippen molar-refractivity contribution in [3.63, 3.8) is 0 Å². The molecule has 3 nitrogen and oxygen atoms in total.